The van der Waals surface area contributed by atoms with Crippen LogP contribution in [0, 0.1) is 0 Å². The van der Waals surface area contributed by atoms with E-state index in [9.17, 15) is 0 Å². The molecule has 0 unspecified atom stereocenters. The molecule has 0 aliphatic rings. The summed E-state index contributed by atoms with van der Waals surface area (Å²) in [5.41, 5.74) is 30.4. The Labute approximate surface area is 147 Å². The summed E-state index contributed by atoms with van der Waals surface area (Å²) >= 11 is 0. The zero-order chi connectivity index (χ0) is 12.4. The Morgan fingerprint density at radius 2 is 0.474 bits per heavy atom. The summed E-state index contributed by atoms with van der Waals surface area (Å²) in [5, 5.41) is 0. The van der Waals surface area contributed by atoms with E-state index in [-0.39, 0.29) is 54.6 Å². The fraction of sp³-hybridized carbons (Fsp3) is 1.00. The minimum absolute atomic E-state index is 0. The number of nitrogens with two attached hydrogens (primary N) is 6. The molecule has 1 radical (unpaired) electrons. The molecular weight excluding hydrogens is 350 g/mol. The SMILES string of the molecule is NCCCN.NCCCN.NCCCN.[Cl-].[Cl-].[Cl-].[Cr+3]. The molecule has 0 bridgehead atoms. The van der Waals surface area contributed by atoms with Crippen molar-refractivity contribution in [3.05, 3.63) is 0 Å². The fourth-order valence-electron chi connectivity index (χ4n) is 0.354. The topological polar surface area (TPSA) is 156 Å². The van der Waals surface area contributed by atoms with E-state index in [0.717, 1.165) is 58.5 Å². The second-order valence-electron chi connectivity index (χ2n) is 2.79. The minimum Gasteiger partial charge on any atom is -1.00 e. The molecular formula is C9H30Cl3CrN6. The Kier molecular flexibility index (Phi) is 138. The third-order valence-electron chi connectivity index (χ3n) is 1.22. The summed E-state index contributed by atoms with van der Waals surface area (Å²) in [6, 6.07) is 0. The maximum absolute atomic E-state index is 5.06. The van der Waals surface area contributed by atoms with Crippen LogP contribution in [-0.4, -0.2) is 39.3 Å². The summed E-state index contributed by atoms with van der Waals surface area (Å²) in [6.07, 6.45) is 2.83. The van der Waals surface area contributed by atoms with E-state index in [4.69, 9.17) is 34.4 Å². The van der Waals surface area contributed by atoms with E-state index in [2.05, 4.69) is 0 Å². The van der Waals surface area contributed by atoms with E-state index < -0.39 is 0 Å². The van der Waals surface area contributed by atoms with Gasteiger partial charge in [-0.1, -0.05) is 0 Å². The first kappa shape index (κ1) is 42.7. The van der Waals surface area contributed by atoms with Crippen molar-refractivity contribution >= 4 is 0 Å². The van der Waals surface area contributed by atoms with Crippen LogP contribution in [0.3, 0.4) is 0 Å². The fourth-order valence-corrected chi connectivity index (χ4v) is 0.354. The van der Waals surface area contributed by atoms with Gasteiger partial charge in [0.05, 0.1) is 0 Å². The van der Waals surface area contributed by atoms with Gasteiger partial charge in [-0.05, 0) is 58.5 Å². The first-order valence-corrected chi connectivity index (χ1v) is 5.45. The number of hydrogen-bond donors (Lipinski definition) is 6. The van der Waals surface area contributed by atoms with Crippen LogP contribution in [0.4, 0.5) is 0 Å². The Bertz CT molecular complexity index is 68.7. The quantitative estimate of drug-likeness (QED) is 0.269. The van der Waals surface area contributed by atoms with Crippen LogP contribution in [0.1, 0.15) is 19.3 Å². The van der Waals surface area contributed by atoms with Crippen molar-refractivity contribution in [1.82, 2.24) is 0 Å². The van der Waals surface area contributed by atoms with Crippen molar-refractivity contribution in [2.45, 2.75) is 19.3 Å². The van der Waals surface area contributed by atoms with E-state index in [1.54, 1.807) is 0 Å². The molecule has 0 aliphatic carbocycles. The van der Waals surface area contributed by atoms with Gasteiger partial charge in [0.25, 0.3) is 0 Å². The molecule has 12 N–H and O–H groups in total. The van der Waals surface area contributed by atoms with Gasteiger partial charge < -0.3 is 71.6 Å². The Balaban J connectivity index is -0.0000000206. The van der Waals surface area contributed by atoms with Crippen LogP contribution in [0.25, 0.3) is 0 Å². The van der Waals surface area contributed by atoms with Crippen LogP contribution in [-0.2, 0) is 17.4 Å². The van der Waals surface area contributed by atoms with E-state index >= 15 is 0 Å². The maximum atomic E-state index is 5.06. The molecule has 0 aromatic rings. The predicted octanol–water partition coefficient (Wildman–Crippen LogP) is -11.1. The van der Waals surface area contributed by atoms with E-state index in [1.165, 1.54) is 0 Å². The zero-order valence-corrected chi connectivity index (χ0v) is 14.9. The first-order chi connectivity index (χ1) is 7.24. The molecule has 0 aliphatic heterocycles. The van der Waals surface area contributed by atoms with Crippen LogP contribution < -0.4 is 71.6 Å². The standard InChI is InChI=1S/3C3H10N2.3ClH.Cr/c3*4-2-1-3-5;;;;/h3*1-5H2;3*1H;/q;;;;;;+3/p-3. The van der Waals surface area contributed by atoms with Crippen LogP contribution in [0.15, 0.2) is 0 Å². The second kappa shape index (κ2) is 61.2. The molecule has 0 aromatic heterocycles. The van der Waals surface area contributed by atoms with Crippen molar-refractivity contribution < 1.29 is 54.6 Å². The van der Waals surface area contributed by atoms with Crippen LogP contribution in [0.2, 0.25) is 0 Å². The largest absolute Gasteiger partial charge is 3.00 e. The van der Waals surface area contributed by atoms with Gasteiger partial charge in [0.15, 0.2) is 0 Å². The Morgan fingerprint density at radius 3 is 0.474 bits per heavy atom. The van der Waals surface area contributed by atoms with Gasteiger partial charge in [-0.2, -0.15) is 0 Å². The molecule has 19 heavy (non-hydrogen) atoms. The van der Waals surface area contributed by atoms with Crippen LogP contribution in [0.5, 0.6) is 0 Å². The van der Waals surface area contributed by atoms with Gasteiger partial charge in [0.2, 0.25) is 0 Å². The molecule has 123 valence electrons. The normalized spacial score (nSPS) is 6.63. The molecule has 10 heteroatoms. The maximum Gasteiger partial charge on any atom is 3.00 e. The Hall–Kier alpha value is 1.16. The predicted molar refractivity (Wildman–Crippen MR) is 68.2 cm³/mol. The average molecular weight is 381 g/mol. The van der Waals surface area contributed by atoms with Gasteiger partial charge in [0, 0.05) is 0 Å². The van der Waals surface area contributed by atoms with Crippen molar-refractivity contribution in [3.8, 4) is 0 Å². The van der Waals surface area contributed by atoms with Gasteiger partial charge in [-0.3, -0.25) is 0 Å². The van der Waals surface area contributed by atoms with E-state index in [0.29, 0.717) is 0 Å². The summed E-state index contributed by atoms with van der Waals surface area (Å²) in [7, 11) is 0. The smallest absolute Gasteiger partial charge is 1.00 e. The van der Waals surface area contributed by atoms with Crippen molar-refractivity contribution in [2.75, 3.05) is 39.3 Å². The van der Waals surface area contributed by atoms with E-state index in [1.807, 2.05) is 0 Å². The molecule has 0 fully saturated rings. The van der Waals surface area contributed by atoms with Gasteiger partial charge >= 0.3 is 17.4 Å². The third-order valence-corrected chi connectivity index (χ3v) is 1.22. The molecule has 0 saturated carbocycles. The molecule has 0 rings (SSSR count). The van der Waals surface area contributed by atoms with Crippen molar-refractivity contribution in [1.29, 1.82) is 0 Å². The minimum atomic E-state index is 0. The second-order valence-corrected chi connectivity index (χ2v) is 2.79. The molecule has 0 saturated heterocycles. The summed E-state index contributed by atoms with van der Waals surface area (Å²) in [4.78, 5) is 0. The number of hydrogen-bond acceptors (Lipinski definition) is 6. The zero-order valence-electron chi connectivity index (χ0n) is 11.4. The van der Waals surface area contributed by atoms with Crippen molar-refractivity contribution in [3.63, 3.8) is 0 Å². The molecule has 0 amide bonds. The number of rotatable bonds is 6. The third kappa shape index (κ3) is 110. The van der Waals surface area contributed by atoms with Gasteiger partial charge in [-0.25, -0.2) is 0 Å². The monoisotopic (exact) mass is 379 g/mol. The average Bonchev–Trinajstić information content (AvgIpc) is 2.23. The first-order valence-electron chi connectivity index (χ1n) is 5.45. The summed E-state index contributed by atoms with van der Waals surface area (Å²) < 4.78 is 0. The van der Waals surface area contributed by atoms with Gasteiger partial charge in [-0.15, -0.1) is 0 Å². The molecule has 6 nitrogen and oxygen atoms in total. The van der Waals surface area contributed by atoms with Crippen LogP contribution >= 0.6 is 0 Å². The Morgan fingerprint density at radius 1 is 0.368 bits per heavy atom. The molecule has 0 aromatic carbocycles. The number of halogens is 3. The molecule has 0 heterocycles. The summed E-state index contributed by atoms with van der Waals surface area (Å²) in [6.45, 7) is 4.31. The molecule has 0 spiro atoms. The molecule has 0 atom stereocenters. The summed E-state index contributed by atoms with van der Waals surface area (Å²) in [5.74, 6) is 0. The van der Waals surface area contributed by atoms with Gasteiger partial charge in [0.1, 0.15) is 0 Å². The van der Waals surface area contributed by atoms with Crippen molar-refractivity contribution in [2.24, 2.45) is 34.4 Å².